The summed E-state index contributed by atoms with van der Waals surface area (Å²) in [6.07, 6.45) is 0. The second kappa shape index (κ2) is 4.79. The molecule has 0 aliphatic rings. The summed E-state index contributed by atoms with van der Waals surface area (Å²) in [7, 11) is 0. The van der Waals surface area contributed by atoms with Crippen molar-refractivity contribution < 1.29 is 4.79 Å². The number of aliphatic imine (C=N–C) groups is 1. The Hall–Kier alpha value is -1.56. The number of benzene rings is 1. The Balaban J connectivity index is 2.92. The molecule has 0 radical (unpaired) electrons. The van der Waals surface area contributed by atoms with Crippen LogP contribution >= 0.6 is 15.9 Å². The Morgan fingerprint density at radius 1 is 1.47 bits per heavy atom. The number of nitrogens with one attached hydrogen (secondary N) is 1. The van der Waals surface area contributed by atoms with Crippen LogP contribution in [0.4, 0.5) is 10.5 Å². The van der Waals surface area contributed by atoms with E-state index in [0.717, 1.165) is 10.0 Å². The van der Waals surface area contributed by atoms with Gasteiger partial charge in [-0.25, -0.2) is 9.79 Å². The standard InChI is InChI=1S/C9H11BrN4O/c1-5-4-6(10)2-3-7(5)13-8(11)14-9(12)15/h2-4H,1H3,(H5,11,12,13,14,15). The minimum absolute atomic E-state index is 0.0204. The summed E-state index contributed by atoms with van der Waals surface area (Å²) in [6.45, 7) is 1.89. The van der Waals surface area contributed by atoms with E-state index in [4.69, 9.17) is 11.5 Å². The van der Waals surface area contributed by atoms with E-state index in [9.17, 15) is 4.79 Å². The highest BCUT2D eigenvalue weighted by molar-refractivity contribution is 9.10. The Morgan fingerprint density at radius 3 is 2.67 bits per heavy atom. The van der Waals surface area contributed by atoms with Crippen LogP contribution in [0, 0.1) is 6.92 Å². The number of carbonyl (C=O) groups excluding carboxylic acids is 1. The number of guanidine groups is 1. The molecule has 5 N–H and O–H groups in total. The quantitative estimate of drug-likeness (QED) is 0.531. The number of nitrogens with two attached hydrogens (primary N) is 2. The molecule has 6 heteroatoms. The monoisotopic (exact) mass is 270 g/mol. The van der Waals surface area contributed by atoms with Gasteiger partial charge in [0.05, 0.1) is 5.69 Å². The molecule has 0 heterocycles. The molecular weight excluding hydrogens is 260 g/mol. The van der Waals surface area contributed by atoms with Crippen molar-refractivity contribution in [1.29, 1.82) is 0 Å². The van der Waals surface area contributed by atoms with Crippen LogP contribution in [0.15, 0.2) is 27.7 Å². The smallest absolute Gasteiger partial charge is 0.318 e. The minimum atomic E-state index is -0.731. The van der Waals surface area contributed by atoms with Crippen LogP contribution in [0.25, 0.3) is 0 Å². The topological polar surface area (TPSA) is 93.5 Å². The molecule has 0 atom stereocenters. The van der Waals surface area contributed by atoms with Gasteiger partial charge in [-0.2, -0.15) is 0 Å². The average molecular weight is 271 g/mol. The van der Waals surface area contributed by atoms with Gasteiger partial charge in [-0.3, -0.25) is 5.32 Å². The molecule has 0 bridgehead atoms. The third-order valence-corrected chi connectivity index (χ3v) is 2.14. The van der Waals surface area contributed by atoms with Crippen molar-refractivity contribution >= 4 is 33.6 Å². The maximum Gasteiger partial charge on any atom is 0.318 e. The number of carbonyl (C=O) groups is 1. The highest BCUT2D eigenvalue weighted by Gasteiger charge is 2.00. The normalized spacial score (nSPS) is 11.2. The first-order valence-corrected chi connectivity index (χ1v) is 4.95. The third kappa shape index (κ3) is 3.59. The fraction of sp³-hybridized carbons (Fsp3) is 0.111. The zero-order valence-electron chi connectivity index (χ0n) is 8.12. The molecule has 0 aliphatic carbocycles. The maximum absolute atomic E-state index is 10.5. The summed E-state index contributed by atoms with van der Waals surface area (Å²) in [6, 6.07) is 4.79. The number of primary amides is 1. The highest BCUT2D eigenvalue weighted by Crippen LogP contribution is 2.22. The molecule has 1 aromatic rings. The second-order valence-corrected chi connectivity index (χ2v) is 3.83. The summed E-state index contributed by atoms with van der Waals surface area (Å²) in [4.78, 5) is 14.5. The molecule has 0 aromatic heterocycles. The predicted octanol–water partition coefficient (Wildman–Crippen LogP) is 1.37. The number of halogens is 1. The zero-order chi connectivity index (χ0) is 11.4. The average Bonchev–Trinajstić information content (AvgIpc) is 2.08. The van der Waals surface area contributed by atoms with E-state index >= 15 is 0 Å². The molecule has 1 aromatic carbocycles. The summed E-state index contributed by atoms with van der Waals surface area (Å²) < 4.78 is 0.959. The van der Waals surface area contributed by atoms with Gasteiger partial charge in [0.1, 0.15) is 0 Å². The Bertz CT molecular complexity index is 417. The van der Waals surface area contributed by atoms with Crippen LogP contribution in [0.3, 0.4) is 0 Å². The summed E-state index contributed by atoms with van der Waals surface area (Å²) in [5.74, 6) is -0.0204. The van der Waals surface area contributed by atoms with Gasteiger partial charge >= 0.3 is 6.03 Å². The summed E-state index contributed by atoms with van der Waals surface area (Å²) >= 11 is 3.33. The molecule has 0 saturated carbocycles. The fourth-order valence-electron chi connectivity index (χ4n) is 1.03. The highest BCUT2D eigenvalue weighted by atomic mass is 79.9. The Labute approximate surface area is 95.7 Å². The molecule has 5 nitrogen and oxygen atoms in total. The van der Waals surface area contributed by atoms with E-state index in [2.05, 4.69) is 26.2 Å². The zero-order valence-corrected chi connectivity index (χ0v) is 9.71. The van der Waals surface area contributed by atoms with Crippen LogP contribution in [-0.4, -0.2) is 12.0 Å². The molecule has 15 heavy (non-hydrogen) atoms. The lowest BCUT2D eigenvalue weighted by Gasteiger charge is -2.03. The van der Waals surface area contributed by atoms with Gasteiger partial charge < -0.3 is 11.5 Å². The first-order valence-electron chi connectivity index (χ1n) is 4.16. The molecule has 0 fully saturated rings. The van der Waals surface area contributed by atoms with Crippen molar-refractivity contribution in [1.82, 2.24) is 5.32 Å². The van der Waals surface area contributed by atoms with Gasteiger partial charge in [0, 0.05) is 4.47 Å². The van der Waals surface area contributed by atoms with Gasteiger partial charge in [0.2, 0.25) is 5.96 Å². The van der Waals surface area contributed by atoms with E-state index < -0.39 is 6.03 Å². The van der Waals surface area contributed by atoms with Gasteiger partial charge in [-0.05, 0) is 30.7 Å². The number of rotatable bonds is 1. The third-order valence-electron chi connectivity index (χ3n) is 1.65. The number of hydrogen-bond donors (Lipinski definition) is 3. The molecule has 0 aliphatic heterocycles. The van der Waals surface area contributed by atoms with Gasteiger partial charge in [-0.15, -0.1) is 0 Å². The summed E-state index contributed by atoms with van der Waals surface area (Å²) in [5, 5.41) is 2.19. The van der Waals surface area contributed by atoms with Crippen LogP contribution < -0.4 is 16.8 Å². The molecule has 0 saturated heterocycles. The van der Waals surface area contributed by atoms with Crippen molar-refractivity contribution in [3.05, 3.63) is 28.2 Å². The van der Waals surface area contributed by atoms with Crippen molar-refractivity contribution in [2.75, 3.05) is 0 Å². The van der Waals surface area contributed by atoms with E-state index in [1.54, 1.807) is 6.07 Å². The number of hydrogen-bond acceptors (Lipinski definition) is 2. The molecular formula is C9H11BrN4O. The van der Waals surface area contributed by atoms with Gasteiger partial charge in [-0.1, -0.05) is 15.9 Å². The molecule has 1 rings (SSSR count). The van der Waals surface area contributed by atoms with E-state index in [1.165, 1.54) is 0 Å². The van der Waals surface area contributed by atoms with Crippen LogP contribution in [0.2, 0.25) is 0 Å². The first-order chi connectivity index (χ1) is 6.99. The molecule has 0 unspecified atom stereocenters. The number of nitrogens with zero attached hydrogens (tertiary/aromatic N) is 1. The lowest BCUT2D eigenvalue weighted by atomic mass is 10.2. The molecule has 80 valence electrons. The lowest BCUT2D eigenvalue weighted by Crippen LogP contribution is -2.39. The predicted molar refractivity (Wildman–Crippen MR) is 62.9 cm³/mol. The van der Waals surface area contributed by atoms with Gasteiger partial charge in [0.15, 0.2) is 0 Å². The second-order valence-electron chi connectivity index (χ2n) is 2.92. The van der Waals surface area contributed by atoms with E-state index in [0.29, 0.717) is 5.69 Å². The Kier molecular flexibility index (Phi) is 3.68. The van der Waals surface area contributed by atoms with Gasteiger partial charge in [0.25, 0.3) is 0 Å². The van der Waals surface area contributed by atoms with Crippen molar-refractivity contribution in [3.8, 4) is 0 Å². The lowest BCUT2D eigenvalue weighted by molar-refractivity contribution is 0.253. The Morgan fingerprint density at radius 2 is 2.13 bits per heavy atom. The van der Waals surface area contributed by atoms with Crippen LogP contribution in [0.1, 0.15) is 5.56 Å². The SMILES string of the molecule is Cc1cc(Br)ccc1N=C(N)NC(N)=O. The van der Waals surface area contributed by atoms with Crippen molar-refractivity contribution in [2.24, 2.45) is 16.5 Å². The summed E-state index contributed by atoms with van der Waals surface area (Å²) in [5.41, 5.74) is 12.0. The molecule has 0 spiro atoms. The maximum atomic E-state index is 10.5. The fourth-order valence-corrected chi connectivity index (χ4v) is 1.50. The number of amides is 2. The minimum Gasteiger partial charge on any atom is -0.369 e. The van der Waals surface area contributed by atoms with Crippen LogP contribution in [-0.2, 0) is 0 Å². The van der Waals surface area contributed by atoms with E-state index in [-0.39, 0.29) is 5.96 Å². The number of urea groups is 1. The van der Waals surface area contributed by atoms with E-state index in [1.807, 2.05) is 19.1 Å². The number of aryl methyl sites for hydroxylation is 1. The van der Waals surface area contributed by atoms with Crippen LogP contribution in [0.5, 0.6) is 0 Å². The molecule has 2 amide bonds. The van der Waals surface area contributed by atoms with Crippen molar-refractivity contribution in [3.63, 3.8) is 0 Å². The van der Waals surface area contributed by atoms with Crippen molar-refractivity contribution in [2.45, 2.75) is 6.92 Å². The first kappa shape index (κ1) is 11.5. The largest absolute Gasteiger partial charge is 0.369 e.